The third-order valence-corrected chi connectivity index (χ3v) is 5.75. The van der Waals surface area contributed by atoms with Crippen LogP contribution in [0.15, 0.2) is 23.0 Å². The van der Waals surface area contributed by atoms with Gasteiger partial charge < -0.3 is 14.6 Å². The van der Waals surface area contributed by atoms with Crippen LogP contribution in [0.2, 0.25) is 0 Å². The fourth-order valence-corrected chi connectivity index (χ4v) is 4.27. The van der Waals surface area contributed by atoms with Crippen LogP contribution in [0.4, 0.5) is 4.79 Å². The lowest BCUT2D eigenvalue weighted by Crippen LogP contribution is -2.47. The van der Waals surface area contributed by atoms with Gasteiger partial charge in [0.25, 0.3) is 0 Å². The number of furan rings is 1. The summed E-state index contributed by atoms with van der Waals surface area (Å²) in [4.78, 5) is 14.3. The molecule has 2 fully saturated rings. The first-order chi connectivity index (χ1) is 10.9. The molecule has 2 heterocycles. The Morgan fingerprint density at radius 3 is 2.83 bits per heavy atom. The number of nitrogens with zero attached hydrogens (tertiary/aromatic N) is 2. The molecule has 2 amide bonds. The molecule has 128 valence electrons. The Morgan fingerprint density at radius 2 is 2.22 bits per heavy atom. The summed E-state index contributed by atoms with van der Waals surface area (Å²) < 4.78 is 30.0. The van der Waals surface area contributed by atoms with Gasteiger partial charge in [0.1, 0.15) is 0 Å². The molecule has 1 N–H and O–H groups in total. The van der Waals surface area contributed by atoms with Gasteiger partial charge in [-0.25, -0.2) is 13.2 Å². The number of urea groups is 1. The highest BCUT2D eigenvalue weighted by atomic mass is 32.2. The smallest absolute Gasteiger partial charge is 0.318 e. The summed E-state index contributed by atoms with van der Waals surface area (Å²) >= 11 is 0. The van der Waals surface area contributed by atoms with Gasteiger partial charge in [-0.1, -0.05) is 0 Å². The predicted molar refractivity (Wildman–Crippen MR) is 85.2 cm³/mol. The lowest BCUT2D eigenvalue weighted by atomic mass is 10.2. The summed E-state index contributed by atoms with van der Waals surface area (Å²) in [7, 11) is -3.21. The third-order valence-electron chi connectivity index (χ3n) is 4.42. The summed E-state index contributed by atoms with van der Waals surface area (Å²) in [6.45, 7) is 1.43. The highest BCUT2D eigenvalue weighted by molar-refractivity contribution is 7.88. The molecule has 23 heavy (non-hydrogen) atoms. The van der Waals surface area contributed by atoms with Gasteiger partial charge in [-0.3, -0.25) is 0 Å². The Labute approximate surface area is 136 Å². The van der Waals surface area contributed by atoms with Gasteiger partial charge in [0.05, 0.1) is 25.3 Å². The van der Waals surface area contributed by atoms with E-state index in [1.807, 2.05) is 11.0 Å². The summed E-state index contributed by atoms with van der Waals surface area (Å²) in [6.07, 6.45) is 8.14. The number of amides is 2. The fraction of sp³-hybridized carbons (Fsp3) is 0.667. The van der Waals surface area contributed by atoms with Crippen LogP contribution < -0.4 is 5.32 Å². The molecule has 1 aliphatic carbocycles. The highest BCUT2D eigenvalue weighted by Crippen LogP contribution is 2.28. The van der Waals surface area contributed by atoms with Gasteiger partial charge in [-0.05, 0) is 31.7 Å². The van der Waals surface area contributed by atoms with E-state index in [9.17, 15) is 13.2 Å². The second-order valence-electron chi connectivity index (χ2n) is 6.35. The largest absolute Gasteiger partial charge is 0.472 e. The lowest BCUT2D eigenvalue weighted by Gasteiger charge is -2.26. The molecule has 7 nitrogen and oxygen atoms in total. The molecule has 0 unspecified atom stereocenters. The number of nitrogens with one attached hydrogen (secondary N) is 1. The molecule has 0 aromatic carbocycles. The van der Waals surface area contributed by atoms with E-state index in [4.69, 9.17) is 4.42 Å². The van der Waals surface area contributed by atoms with E-state index in [-0.39, 0.29) is 18.1 Å². The summed E-state index contributed by atoms with van der Waals surface area (Å²) in [6, 6.07) is 1.86. The second kappa shape index (κ2) is 6.52. The van der Waals surface area contributed by atoms with Crippen molar-refractivity contribution in [3.8, 4) is 0 Å². The topological polar surface area (TPSA) is 82.9 Å². The maximum Gasteiger partial charge on any atom is 0.318 e. The number of hydrogen-bond acceptors (Lipinski definition) is 4. The molecule has 3 rings (SSSR count). The van der Waals surface area contributed by atoms with Crippen LogP contribution >= 0.6 is 0 Å². The predicted octanol–water partition coefficient (Wildman–Crippen LogP) is 1.38. The Morgan fingerprint density at radius 1 is 1.43 bits per heavy atom. The quantitative estimate of drug-likeness (QED) is 0.847. The van der Waals surface area contributed by atoms with E-state index >= 15 is 0 Å². The van der Waals surface area contributed by atoms with Crippen LogP contribution in [0.25, 0.3) is 0 Å². The van der Waals surface area contributed by atoms with Crippen molar-refractivity contribution in [3.63, 3.8) is 0 Å². The Kier molecular flexibility index (Phi) is 4.63. The first-order valence-corrected chi connectivity index (χ1v) is 9.82. The normalized spacial score (nSPS) is 22.2. The van der Waals surface area contributed by atoms with Crippen molar-refractivity contribution in [3.05, 3.63) is 24.2 Å². The number of rotatable bonds is 6. The van der Waals surface area contributed by atoms with Crippen LogP contribution in [0.5, 0.6) is 0 Å². The van der Waals surface area contributed by atoms with Crippen molar-refractivity contribution in [2.45, 2.75) is 44.3 Å². The van der Waals surface area contributed by atoms with Crippen molar-refractivity contribution >= 4 is 16.1 Å². The maximum absolute atomic E-state index is 12.5. The summed E-state index contributed by atoms with van der Waals surface area (Å²) in [5.74, 6) is 0. The Balaban J connectivity index is 1.57. The molecule has 1 saturated heterocycles. The monoisotopic (exact) mass is 341 g/mol. The fourth-order valence-electron chi connectivity index (χ4n) is 3.09. The van der Waals surface area contributed by atoms with Gasteiger partial charge in [-0.2, -0.15) is 4.31 Å². The minimum absolute atomic E-state index is 0.131. The van der Waals surface area contributed by atoms with Crippen molar-refractivity contribution in [2.75, 3.05) is 19.3 Å². The van der Waals surface area contributed by atoms with Crippen LogP contribution in [0.3, 0.4) is 0 Å². The average Bonchev–Trinajstić information content (AvgIpc) is 3.01. The van der Waals surface area contributed by atoms with Crippen LogP contribution in [0, 0.1) is 0 Å². The van der Waals surface area contributed by atoms with Crippen LogP contribution in [-0.2, 0) is 16.6 Å². The summed E-state index contributed by atoms with van der Waals surface area (Å²) in [5, 5.41) is 2.91. The molecule has 1 aliphatic heterocycles. The zero-order valence-electron chi connectivity index (χ0n) is 13.3. The molecule has 0 radical (unpaired) electrons. The van der Waals surface area contributed by atoms with Gasteiger partial charge in [0.15, 0.2) is 0 Å². The minimum atomic E-state index is -3.21. The Bertz CT molecular complexity index is 640. The molecule has 8 heteroatoms. The Hall–Kier alpha value is -1.54. The van der Waals surface area contributed by atoms with Crippen molar-refractivity contribution in [1.82, 2.24) is 14.5 Å². The van der Waals surface area contributed by atoms with Crippen LogP contribution in [0.1, 0.15) is 31.2 Å². The third kappa shape index (κ3) is 4.06. The zero-order valence-corrected chi connectivity index (χ0v) is 14.1. The van der Waals surface area contributed by atoms with Gasteiger partial charge in [-0.15, -0.1) is 0 Å². The maximum atomic E-state index is 12.5. The average molecular weight is 341 g/mol. The van der Waals surface area contributed by atoms with Crippen LogP contribution in [-0.4, -0.2) is 55.1 Å². The van der Waals surface area contributed by atoms with Gasteiger partial charge >= 0.3 is 6.03 Å². The number of sulfonamides is 1. The van der Waals surface area contributed by atoms with E-state index in [1.165, 1.54) is 10.6 Å². The molecule has 2 aliphatic rings. The number of carbonyl (C=O) groups excluding carboxylic acids is 1. The molecule has 0 spiro atoms. The van der Waals surface area contributed by atoms with Crippen molar-refractivity contribution < 1.29 is 17.6 Å². The van der Waals surface area contributed by atoms with Crippen molar-refractivity contribution in [2.24, 2.45) is 0 Å². The van der Waals surface area contributed by atoms with E-state index in [1.54, 1.807) is 12.5 Å². The second-order valence-corrected chi connectivity index (χ2v) is 8.28. The van der Waals surface area contributed by atoms with E-state index in [2.05, 4.69) is 5.32 Å². The number of hydrogen-bond donors (Lipinski definition) is 1. The molecule has 0 bridgehead atoms. The molecule has 1 saturated carbocycles. The standard InChI is InChI=1S/C15H23N3O4S/c1-23(20,21)18-7-2-3-14(18)9-16-15(19)17(13-4-5-13)10-12-6-8-22-11-12/h6,8,11,13-14H,2-5,7,9-10H2,1H3,(H,16,19)/t14-/m1/s1. The zero-order chi connectivity index (χ0) is 16.4. The molecule has 1 atom stereocenters. The van der Waals surface area contributed by atoms with E-state index in [0.29, 0.717) is 19.6 Å². The van der Waals surface area contributed by atoms with E-state index in [0.717, 1.165) is 31.2 Å². The number of carbonyl (C=O) groups is 1. The van der Waals surface area contributed by atoms with Gasteiger partial charge in [0.2, 0.25) is 10.0 Å². The first kappa shape index (κ1) is 16.3. The molecular formula is C15H23N3O4S. The first-order valence-electron chi connectivity index (χ1n) is 7.97. The SMILES string of the molecule is CS(=O)(=O)N1CCC[C@@H]1CNC(=O)N(Cc1ccoc1)C1CC1. The molecule has 1 aromatic rings. The highest BCUT2D eigenvalue weighted by Gasteiger charge is 2.35. The molecular weight excluding hydrogens is 318 g/mol. The molecule has 1 aromatic heterocycles. The van der Waals surface area contributed by atoms with Crippen molar-refractivity contribution in [1.29, 1.82) is 0 Å². The summed E-state index contributed by atoms with van der Waals surface area (Å²) in [5.41, 5.74) is 0.964. The van der Waals surface area contributed by atoms with E-state index < -0.39 is 10.0 Å². The lowest BCUT2D eigenvalue weighted by molar-refractivity contribution is 0.189. The van der Waals surface area contributed by atoms with Gasteiger partial charge in [0, 0.05) is 30.7 Å². The minimum Gasteiger partial charge on any atom is -0.472 e.